The molecule has 2 aliphatic rings. The number of hydrogen-bond donors (Lipinski definition) is 0. The van der Waals surface area contributed by atoms with E-state index in [9.17, 15) is 9.59 Å². The van der Waals surface area contributed by atoms with E-state index in [1.54, 1.807) is 0 Å². The Kier molecular flexibility index (Phi) is 3.05. The van der Waals surface area contributed by atoms with Crippen molar-refractivity contribution in [3.8, 4) is 0 Å². The summed E-state index contributed by atoms with van der Waals surface area (Å²) in [5.41, 5.74) is 1.70. The third kappa shape index (κ3) is 1.94. The van der Waals surface area contributed by atoms with Crippen LogP contribution in [0.2, 0.25) is 0 Å². The zero-order valence-electron chi connectivity index (χ0n) is 10.6. The summed E-state index contributed by atoms with van der Waals surface area (Å²) in [6, 6.07) is 5.71. The van der Waals surface area contributed by atoms with Crippen molar-refractivity contribution >= 4 is 33.4 Å². The Morgan fingerprint density at radius 2 is 1.68 bits per heavy atom. The summed E-state index contributed by atoms with van der Waals surface area (Å²) in [5, 5.41) is 0. The SMILES string of the molecule is Cc1ccc(Br)c(N2C(=O)C3CC=CCC3C2=O)c1. The molecule has 19 heavy (non-hydrogen) atoms. The number of hydrogen-bond acceptors (Lipinski definition) is 2. The van der Waals surface area contributed by atoms with Crippen LogP contribution in [0.1, 0.15) is 18.4 Å². The van der Waals surface area contributed by atoms with Gasteiger partial charge in [-0.2, -0.15) is 0 Å². The van der Waals surface area contributed by atoms with Gasteiger partial charge in [0.05, 0.1) is 17.5 Å². The van der Waals surface area contributed by atoms with E-state index in [1.165, 1.54) is 4.90 Å². The normalized spacial score (nSPS) is 25.9. The van der Waals surface area contributed by atoms with E-state index < -0.39 is 0 Å². The standard InChI is InChI=1S/C15H14BrNO2/c1-9-6-7-12(16)13(8-9)17-14(18)10-4-2-3-5-11(10)15(17)19/h2-3,6-8,10-11H,4-5H2,1H3. The van der Waals surface area contributed by atoms with Crippen LogP contribution < -0.4 is 4.90 Å². The van der Waals surface area contributed by atoms with Crippen LogP contribution >= 0.6 is 15.9 Å². The lowest BCUT2D eigenvalue weighted by atomic mass is 9.85. The summed E-state index contributed by atoms with van der Waals surface area (Å²) in [6.45, 7) is 1.95. The van der Waals surface area contributed by atoms with Crippen LogP contribution in [-0.4, -0.2) is 11.8 Å². The van der Waals surface area contributed by atoms with Gasteiger partial charge in [0.15, 0.2) is 0 Å². The average Bonchev–Trinajstić information content (AvgIpc) is 2.66. The average molecular weight is 320 g/mol. The highest BCUT2D eigenvalue weighted by Crippen LogP contribution is 2.40. The third-order valence-corrected chi connectivity index (χ3v) is 4.52. The Morgan fingerprint density at radius 3 is 2.26 bits per heavy atom. The molecule has 1 saturated heterocycles. The first kappa shape index (κ1) is 12.6. The first-order chi connectivity index (χ1) is 9.09. The highest BCUT2D eigenvalue weighted by Gasteiger charge is 2.48. The first-order valence-corrected chi connectivity index (χ1v) is 7.18. The van der Waals surface area contributed by atoms with E-state index in [0.29, 0.717) is 18.5 Å². The lowest BCUT2D eigenvalue weighted by Gasteiger charge is -2.17. The molecular weight excluding hydrogens is 306 g/mol. The summed E-state index contributed by atoms with van der Waals surface area (Å²) < 4.78 is 0.784. The van der Waals surface area contributed by atoms with Crippen molar-refractivity contribution in [2.45, 2.75) is 19.8 Å². The van der Waals surface area contributed by atoms with Gasteiger partial charge >= 0.3 is 0 Å². The van der Waals surface area contributed by atoms with Crippen LogP contribution in [0.15, 0.2) is 34.8 Å². The number of allylic oxidation sites excluding steroid dienone is 2. The summed E-state index contributed by atoms with van der Waals surface area (Å²) in [5.74, 6) is -0.480. The highest BCUT2D eigenvalue weighted by atomic mass is 79.9. The van der Waals surface area contributed by atoms with Gasteiger partial charge in [0.1, 0.15) is 0 Å². The topological polar surface area (TPSA) is 37.4 Å². The Hall–Kier alpha value is -1.42. The number of carbonyl (C=O) groups excluding carboxylic acids is 2. The van der Waals surface area contributed by atoms with Crippen LogP contribution in [0.4, 0.5) is 5.69 Å². The Balaban J connectivity index is 2.04. The second kappa shape index (κ2) is 4.60. The number of carbonyl (C=O) groups is 2. The van der Waals surface area contributed by atoms with Gasteiger partial charge in [-0.3, -0.25) is 9.59 Å². The minimum absolute atomic E-state index is 0.0642. The van der Waals surface area contributed by atoms with Crippen molar-refractivity contribution in [1.82, 2.24) is 0 Å². The fraction of sp³-hybridized carbons (Fsp3) is 0.333. The largest absolute Gasteiger partial charge is 0.274 e. The maximum atomic E-state index is 12.5. The van der Waals surface area contributed by atoms with Crippen molar-refractivity contribution in [1.29, 1.82) is 0 Å². The Morgan fingerprint density at radius 1 is 1.11 bits per heavy atom. The molecule has 0 bridgehead atoms. The zero-order valence-corrected chi connectivity index (χ0v) is 12.2. The van der Waals surface area contributed by atoms with Crippen molar-refractivity contribution in [2.75, 3.05) is 4.90 Å². The van der Waals surface area contributed by atoms with Gasteiger partial charge in [0, 0.05) is 4.47 Å². The van der Waals surface area contributed by atoms with E-state index in [1.807, 2.05) is 37.3 Å². The third-order valence-electron chi connectivity index (χ3n) is 3.85. The maximum absolute atomic E-state index is 12.5. The molecule has 0 aromatic heterocycles. The molecule has 3 nitrogen and oxygen atoms in total. The number of rotatable bonds is 1. The number of fused-ring (bicyclic) bond motifs is 1. The molecule has 1 aliphatic heterocycles. The molecule has 1 heterocycles. The molecule has 0 saturated carbocycles. The first-order valence-electron chi connectivity index (χ1n) is 6.38. The molecule has 1 aromatic carbocycles. The number of anilines is 1. The van der Waals surface area contributed by atoms with Crippen LogP contribution in [0, 0.1) is 18.8 Å². The zero-order chi connectivity index (χ0) is 13.6. The van der Waals surface area contributed by atoms with E-state index in [0.717, 1.165) is 10.0 Å². The van der Waals surface area contributed by atoms with E-state index >= 15 is 0 Å². The number of halogens is 1. The molecule has 0 radical (unpaired) electrons. The fourth-order valence-corrected chi connectivity index (χ4v) is 3.26. The molecule has 3 rings (SSSR count). The molecule has 98 valence electrons. The van der Waals surface area contributed by atoms with Crippen LogP contribution in [0.25, 0.3) is 0 Å². The smallest absolute Gasteiger partial charge is 0.238 e. The minimum atomic E-state index is -0.176. The van der Waals surface area contributed by atoms with Crippen molar-refractivity contribution in [3.63, 3.8) is 0 Å². The Bertz CT molecular complexity index is 568. The summed E-state index contributed by atoms with van der Waals surface area (Å²) in [4.78, 5) is 26.3. The van der Waals surface area contributed by atoms with Gasteiger partial charge in [-0.15, -0.1) is 0 Å². The Labute approximate surface area is 120 Å². The summed E-state index contributed by atoms with van der Waals surface area (Å²) in [6.07, 6.45) is 5.35. The van der Waals surface area contributed by atoms with Crippen molar-refractivity contribution in [2.24, 2.45) is 11.8 Å². The second-order valence-electron chi connectivity index (χ2n) is 5.12. The maximum Gasteiger partial charge on any atom is 0.238 e. The number of imide groups is 1. The summed E-state index contributed by atoms with van der Waals surface area (Å²) in [7, 11) is 0. The molecule has 2 amide bonds. The highest BCUT2D eigenvalue weighted by molar-refractivity contribution is 9.10. The molecule has 2 atom stereocenters. The van der Waals surface area contributed by atoms with Crippen LogP contribution in [-0.2, 0) is 9.59 Å². The van der Waals surface area contributed by atoms with Crippen molar-refractivity contribution in [3.05, 3.63) is 40.4 Å². The van der Waals surface area contributed by atoms with Gasteiger partial charge in [0.2, 0.25) is 11.8 Å². The molecule has 1 fully saturated rings. The lowest BCUT2D eigenvalue weighted by Crippen LogP contribution is -2.31. The molecular formula is C15H14BrNO2. The molecule has 4 heteroatoms. The molecule has 1 aromatic rings. The number of amides is 2. The van der Waals surface area contributed by atoms with E-state index in [-0.39, 0.29) is 23.7 Å². The number of benzene rings is 1. The van der Waals surface area contributed by atoms with Crippen LogP contribution in [0.3, 0.4) is 0 Å². The fourth-order valence-electron chi connectivity index (χ4n) is 2.83. The molecule has 0 N–H and O–H groups in total. The minimum Gasteiger partial charge on any atom is -0.274 e. The van der Waals surface area contributed by atoms with Crippen molar-refractivity contribution < 1.29 is 9.59 Å². The number of nitrogens with zero attached hydrogens (tertiary/aromatic N) is 1. The molecule has 2 unspecified atom stereocenters. The van der Waals surface area contributed by atoms with Gasteiger partial charge in [0.25, 0.3) is 0 Å². The van der Waals surface area contributed by atoms with Crippen LogP contribution in [0.5, 0.6) is 0 Å². The predicted octanol–water partition coefficient (Wildman–Crippen LogP) is 3.21. The lowest BCUT2D eigenvalue weighted by molar-refractivity contribution is -0.122. The quantitative estimate of drug-likeness (QED) is 0.588. The predicted molar refractivity (Wildman–Crippen MR) is 76.7 cm³/mol. The number of aryl methyl sites for hydroxylation is 1. The van der Waals surface area contributed by atoms with Gasteiger partial charge in [-0.05, 0) is 53.4 Å². The van der Waals surface area contributed by atoms with Gasteiger partial charge < -0.3 is 0 Å². The van der Waals surface area contributed by atoms with E-state index in [4.69, 9.17) is 0 Å². The molecule has 0 spiro atoms. The monoisotopic (exact) mass is 319 g/mol. The van der Waals surface area contributed by atoms with E-state index in [2.05, 4.69) is 15.9 Å². The van der Waals surface area contributed by atoms with Gasteiger partial charge in [-0.1, -0.05) is 18.2 Å². The van der Waals surface area contributed by atoms with Gasteiger partial charge in [-0.25, -0.2) is 4.90 Å². The molecule has 1 aliphatic carbocycles. The second-order valence-corrected chi connectivity index (χ2v) is 5.98. The summed E-state index contributed by atoms with van der Waals surface area (Å²) >= 11 is 3.43.